The fourth-order valence-corrected chi connectivity index (χ4v) is 3.30. The zero-order valence-electron chi connectivity index (χ0n) is 17.9. The van der Waals surface area contributed by atoms with Crippen LogP contribution in [-0.2, 0) is 14.8 Å². The van der Waals surface area contributed by atoms with Gasteiger partial charge in [0, 0.05) is 17.7 Å². The molecule has 0 aliphatic carbocycles. The highest BCUT2D eigenvalue weighted by molar-refractivity contribution is 7.92. The number of amides is 1. The smallest absolute Gasteiger partial charge is 0.244 e. The third-order valence-electron chi connectivity index (χ3n) is 4.36. The fraction of sp³-hybridized carbons (Fsp3) is 0.318. The maximum absolute atomic E-state index is 14.2. The van der Waals surface area contributed by atoms with Crippen LogP contribution < -0.4 is 14.8 Å². The predicted molar refractivity (Wildman–Crippen MR) is 117 cm³/mol. The highest BCUT2D eigenvalue weighted by Gasteiger charge is 2.18. The van der Waals surface area contributed by atoms with Crippen molar-refractivity contribution in [2.75, 3.05) is 17.6 Å². The van der Waals surface area contributed by atoms with Crippen LogP contribution in [0.3, 0.4) is 0 Å². The molecule has 0 fully saturated rings. The molecule has 0 saturated heterocycles. The van der Waals surface area contributed by atoms with E-state index in [1.807, 2.05) is 6.92 Å². The zero-order chi connectivity index (χ0) is 23.9. The largest absolute Gasteiger partial charge is 0.493 e. The number of benzene rings is 2. The van der Waals surface area contributed by atoms with E-state index in [2.05, 4.69) is 5.32 Å². The molecule has 6 nitrogen and oxygen atoms in total. The summed E-state index contributed by atoms with van der Waals surface area (Å²) in [5.74, 6) is -2.94. The highest BCUT2D eigenvalue weighted by atomic mass is 32.2. The van der Waals surface area contributed by atoms with Crippen LogP contribution in [0.25, 0.3) is 6.08 Å². The Balaban J connectivity index is 2.11. The summed E-state index contributed by atoms with van der Waals surface area (Å²) < 4.78 is 71.7. The number of rotatable bonds is 10. The number of hydrogen-bond acceptors (Lipinski definition) is 4. The molecule has 1 unspecified atom stereocenters. The van der Waals surface area contributed by atoms with Crippen LogP contribution in [-0.4, -0.2) is 27.2 Å². The Kier molecular flexibility index (Phi) is 8.71. The van der Waals surface area contributed by atoms with Gasteiger partial charge in [-0.25, -0.2) is 21.6 Å². The van der Waals surface area contributed by atoms with Gasteiger partial charge in [-0.3, -0.25) is 9.52 Å². The number of carbonyl (C=O) groups excluding carboxylic acids is 1. The molecule has 0 aliphatic heterocycles. The Labute approximate surface area is 185 Å². The van der Waals surface area contributed by atoms with Crippen molar-refractivity contribution >= 4 is 27.7 Å². The van der Waals surface area contributed by atoms with E-state index < -0.39 is 45.1 Å². The summed E-state index contributed by atoms with van der Waals surface area (Å²) >= 11 is 0. The van der Waals surface area contributed by atoms with Crippen molar-refractivity contribution in [3.8, 4) is 5.75 Å². The van der Waals surface area contributed by atoms with Crippen LogP contribution in [0.5, 0.6) is 5.75 Å². The van der Waals surface area contributed by atoms with E-state index in [0.717, 1.165) is 31.2 Å². The second-order valence-electron chi connectivity index (χ2n) is 7.18. The van der Waals surface area contributed by atoms with E-state index in [9.17, 15) is 26.4 Å². The second kappa shape index (κ2) is 11.0. The van der Waals surface area contributed by atoms with Crippen LogP contribution >= 0.6 is 0 Å². The molecule has 1 amide bonds. The summed E-state index contributed by atoms with van der Waals surface area (Å²) in [5, 5.41) is 2.56. The van der Waals surface area contributed by atoms with Gasteiger partial charge in [0.15, 0.2) is 11.6 Å². The summed E-state index contributed by atoms with van der Waals surface area (Å²) in [4.78, 5) is 12.3. The van der Waals surface area contributed by atoms with Crippen LogP contribution in [0.2, 0.25) is 0 Å². The van der Waals surface area contributed by atoms with Gasteiger partial charge in [-0.15, -0.1) is 0 Å². The minimum absolute atomic E-state index is 0.103. The number of anilines is 1. The van der Waals surface area contributed by atoms with E-state index in [0.29, 0.717) is 17.9 Å². The van der Waals surface area contributed by atoms with E-state index in [-0.39, 0.29) is 5.56 Å². The van der Waals surface area contributed by atoms with Crippen LogP contribution in [0, 0.1) is 17.5 Å². The third-order valence-corrected chi connectivity index (χ3v) is 4.93. The number of unbranched alkanes of at least 4 members (excludes halogenated alkanes) is 1. The Morgan fingerprint density at radius 2 is 1.81 bits per heavy atom. The number of sulfonamides is 1. The molecule has 2 N–H and O–H groups in total. The van der Waals surface area contributed by atoms with Crippen molar-refractivity contribution in [2.24, 2.45) is 0 Å². The molecule has 32 heavy (non-hydrogen) atoms. The Bertz CT molecular complexity index is 1080. The average molecular weight is 471 g/mol. The van der Waals surface area contributed by atoms with Crippen LogP contribution in [0.15, 0.2) is 36.4 Å². The first kappa shape index (κ1) is 25.3. The molecule has 2 aromatic rings. The maximum Gasteiger partial charge on any atom is 0.244 e. The van der Waals surface area contributed by atoms with Gasteiger partial charge in [0.1, 0.15) is 17.3 Å². The standard InChI is InChI=1S/C22H25F3N2O4S/c1-4-5-10-31-20-13-17(23)8-6-15(20)7-9-21(28)26-14(2)16-11-18(24)22(19(25)12-16)27-32(3,29)30/h6-9,11-14,27H,4-5,10H2,1-3H3,(H,26,28). The molecule has 0 spiro atoms. The lowest BCUT2D eigenvalue weighted by Crippen LogP contribution is -2.25. The Morgan fingerprint density at radius 1 is 1.16 bits per heavy atom. The van der Waals surface area contributed by atoms with Gasteiger partial charge in [-0.2, -0.15) is 0 Å². The lowest BCUT2D eigenvalue weighted by molar-refractivity contribution is -0.117. The first-order valence-corrected chi connectivity index (χ1v) is 11.8. The van der Waals surface area contributed by atoms with Crippen molar-refractivity contribution in [1.29, 1.82) is 0 Å². The van der Waals surface area contributed by atoms with Crippen molar-refractivity contribution in [2.45, 2.75) is 32.7 Å². The van der Waals surface area contributed by atoms with Gasteiger partial charge in [0.05, 0.1) is 18.9 Å². The molecule has 2 rings (SSSR count). The van der Waals surface area contributed by atoms with Crippen LogP contribution in [0.4, 0.5) is 18.9 Å². The number of hydrogen-bond donors (Lipinski definition) is 2. The Hall–Kier alpha value is -3.01. The number of nitrogens with one attached hydrogen (secondary N) is 2. The van der Waals surface area contributed by atoms with Gasteiger partial charge in [-0.05, 0) is 49.2 Å². The van der Waals surface area contributed by atoms with Gasteiger partial charge in [-0.1, -0.05) is 13.3 Å². The molecule has 0 aliphatic rings. The van der Waals surface area contributed by atoms with E-state index in [4.69, 9.17) is 4.74 Å². The first-order valence-electron chi connectivity index (χ1n) is 9.87. The number of ether oxygens (including phenoxy) is 1. The first-order chi connectivity index (χ1) is 15.0. The van der Waals surface area contributed by atoms with E-state index >= 15 is 0 Å². The SMILES string of the molecule is CCCCOc1cc(F)ccc1C=CC(=O)NC(C)c1cc(F)c(NS(C)(=O)=O)c(F)c1. The third kappa shape index (κ3) is 7.60. The van der Waals surface area contributed by atoms with E-state index in [1.54, 1.807) is 4.72 Å². The fourth-order valence-electron chi connectivity index (χ4n) is 2.73. The van der Waals surface area contributed by atoms with Crippen LogP contribution in [0.1, 0.15) is 43.9 Å². The maximum atomic E-state index is 14.2. The molecule has 0 radical (unpaired) electrons. The molecule has 0 heterocycles. The van der Waals surface area contributed by atoms with Gasteiger partial charge < -0.3 is 10.1 Å². The molecule has 0 saturated carbocycles. The lowest BCUT2D eigenvalue weighted by atomic mass is 10.1. The number of carbonyl (C=O) groups is 1. The van der Waals surface area contributed by atoms with Gasteiger partial charge >= 0.3 is 0 Å². The Morgan fingerprint density at radius 3 is 2.41 bits per heavy atom. The minimum Gasteiger partial charge on any atom is -0.493 e. The van der Waals surface area contributed by atoms with Gasteiger partial charge in [0.2, 0.25) is 15.9 Å². The minimum atomic E-state index is -3.86. The van der Waals surface area contributed by atoms with Crippen molar-refractivity contribution in [3.63, 3.8) is 0 Å². The average Bonchev–Trinajstić information content (AvgIpc) is 2.69. The topological polar surface area (TPSA) is 84.5 Å². The molecule has 0 aromatic heterocycles. The molecular formula is C22H25F3N2O4S. The quantitative estimate of drug-likeness (QED) is 0.394. The highest BCUT2D eigenvalue weighted by Crippen LogP contribution is 2.25. The lowest BCUT2D eigenvalue weighted by Gasteiger charge is -2.15. The van der Waals surface area contributed by atoms with Gasteiger partial charge in [0.25, 0.3) is 0 Å². The zero-order valence-corrected chi connectivity index (χ0v) is 18.7. The summed E-state index contributed by atoms with van der Waals surface area (Å²) in [6.07, 6.45) is 5.12. The van der Waals surface area contributed by atoms with Crippen molar-refractivity contribution < 1.29 is 31.1 Å². The molecule has 0 bridgehead atoms. The number of halogens is 3. The summed E-state index contributed by atoms with van der Waals surface area (Å²) in [7, 11) is -3.86. The molecule has 10 heteroatoms. The second-order valence-corrected chi connectivity index (χ2v) is 8.93. The summed E-state index contributed by atoms with van der Waals surface area (Å²) in [6, 6.07) is 5.03. The predicted octanol–water partition coefficient (Wildman–Crippen LogP) is 4.54. The monoisotopic (exact) mass is 470 g/mol. The summed E-state index contributed by atoms with van der Waals surface area (Å²) in [5.41, 5.74) is -0.189. The normalized spacial score (nSPS) is 12.6. The van der Waals surface area contributed by atoms with E-state index in [1.165, 1.54) is 37.3 Å². The summed E-state index contributed by atoms with van der Waals surface area (Å²) in [6.45, 7) is 3.92. The molecule has 1 atom stereocenters. The van der Waals surface area contributed by atoms with Crippen molar-refractivity contribution in [3.05, 3.63) is 65.0 Å². The van der Waals surface area contributed by atoms with Crippen molar-refractivity contribution in [1.82, 2.24) is 5.32 Å². The molecule has 174 valence electrons. The molecule has 2 aromatic carbocycles. The molecular weight excluding hydrogens is 445 g/mol.